The molecule has 0 aliphatic rings. The lowest BCUT2D eigenvalue weighted by Crippen LogP contribution is -2.29. The van der Waals surface area contributed by atoms with Gasteiger partial charge in [0.15, 0.2) is 0 Å². The molecule has 4 nitrogen and oxygen atoms in total. The van der Waals surface area contributed by atoms with Crippen LogP contribution < -0.4 is 11.1 Å². The van der Waals surface area contributed by atoms with Gasteiger partial charge in [0.05, 0.1) is 12.0 Å². The van der Waals surface area contributed by atoms with E-state index < -0.39 is 5.60 Å². The van der Waals surface area contributed by atoms with E-state index in [0.29, 0.717) is 12.1 Å². The van der Waals surface area contributed by atoms with Gasteiger partial charge in [-0.15, -0.1) is 0 Å². The molecule has 0 aliphatic heterocycles. The van der Waals surface area contributed by atoms with E-state index in [1.165, 1.54) is 0 Å². The molecule has 1 rings (SSSR count). The molecule has 0 fully saturated rings. The zero-order valence-corrected chi connectivity index (χ0v) is 10.8. The van der Waals surface area contributed by atoms with Gasteiger partial charge < -0.3 is 15.8 Å². The van der Waals surface area contributed by atoms with Crippen LogP contribution in [0.15, 0.2) is 18.2 Å². The number of carbonyl (C=O) groups is 1. The van der Waals surface area contributed by atoms with Gasteiger partial charge in [-0.2, -0.15) is 0 Å². The minimum absolute atomic E-state index is 0.0782. The van der Waals surface area contributed by atoms with Gasteiger partial charge in [-0.25, -0.2) is 0 Å². The summed E-state index contributed by atoms with van der Waals surface area (Å²) in [5, 5.41) is 2.84. The maximum absolute atomic E-state index is 11.8. The SMILES string of the molecule is COC(C)(C)CC(=O)Nc1cccc(N)c1C. The van der Waals surface area contributed by atoms with E-state index in [0.717, 1.165) is 11.3 Å². The zero-order chi connectivity index (χ0) is 13.1. The van der Waals surface area contributed by atoms with Crippen LogP contribution in [-0.4, -0.2) is 18.6 Å². The molecule has 94 valence electrons. The summed E-state index contributed by atoms with van der Waals surface area (Å²) in [5.41, 5.74) is 7.63. The molecule has 0 unspecified atom stereocenters. The van der Waals surface area contributed by atoms with Crippen molar-refractivity contribution in [1.82, 2.24) is 0 Å². The molecule has 1 aromatic rings. The molecule has 0 atom stereocenters. The van der Waals surface area contributed by atoms with Gasteiger partial charge in [0.2, 0.25) is 5.91 Å². The Labute approximate surface area is 102 Å². The lowest BCUT2D eigenvalue weighted by atomic mass is 10.0. The molecule has 1 aromatic carbocycles. The molecule has 17 heavy (non-hydrogen) atoms. The Bertz CT molecular complexity index is 414. The van der Waals surface area contributed by atoms with Crippen molar-refractivity contribution in [3.05, 3.63) is 23.8 Å². The number of amides is 1. The summed E-state index contributed by atoms with van der Waals surface area (Å²) in [7, 11) is 1.60. The summed E-state index contributed by atoms with van der Waals surface area (Å²) >= 11 is 0. The lowest BCUT2D eigenvalue weighted by molar-refractivity contribution is -0.121. The summed E-state index contributed by atoms with van der Waals surface area (Å²) in [6.07, 6.45) is 0.303. The number of nitrogens with two attached hydrogens (primary N) is 1. The van der Waals surface area contributed by atoms with Gasteiger partial charge in [0.25, 0.3) is 0 Å². The van der Waals surface area contributed by atoms with Crippen LogP contribution in [0, 0.1) is 6.92 Å². The van der Waals surface area contributed by atoms with Crippen LogP contribution in [0.4, 0.5) is 11.4 Å². The first-order chi connectivity index (χ1) is 7.85. The quantitative estimate of drug-likeness (QED) is 0.789. The number of nitrogen functional groups attached to an aromatic ring is 1. The van der Waals surface area contributed by atoms with Gasteiger partial charge in [0.1, 0.15) is 0 Å². The average molecular weight is 236 g/mol. The first kappa shape index (κ1) is 13.5. The number of anilines is 2. The Balaban J connectivity index is 2.72. The Morgan fingerprint density at radius 2 is 2.12 bits per heavy atom. The normalized spacial score (nSPS) is 11.3. The van der Waals surface area contributed by atoms with E-state index in [1.807, 2.05) is 39.0 Å². The molecule has 0 heterocycles. The number of methoxy groups -OCH3 is 1. The number of hydrogen-bond donors (Lipinski definition) is 2. The first-order valence-corrected chi connectivity index (χ1v) is 5.56. The van der Waals surface area contributed by atoms with Crippen LogP contribution in [0.2, 0.25) is 0 Å². The van der Waals surface area contributed by atoms with E-state index in [2.05, 4.69) is 5.32 Å². The summed E-state index contributed by atoms with van der Waals surface area (Å²) in [6, 6.07) is 5.47. The third kappa shape index (κ3) is 3.75. The second-order valence-electron chi connectivity index (χ2n) is 4.71. The standard InChI is InChI=1S/C13H20N2O2/c1-9-10(14)6-5-7-11(9)15-12(16)8-13(2,3)17-4/h5-7H,8,14H2,1-4H3,(H,15,16). The maximum atomic E-state index is 11.8. The van der Waals surface area contributed by atoms with Gasteiger partial charge in [-0.05, 0) is 38.5 Å². The molecule has 0 aliphatic carbocycles. The summed E-state index contributed by atoms with van der Waals surface area (Å²) in [4.78, 5) is 11.8. The van der Waals surface area contributed by atoms with Crippen molar-refractivity contribution in [2.45, 2.75) is 32.8 Å². The van der Waals surface area contributed by atoms with Crippen molar-refractivity contribution < 1.29 is 9.53 Å². The number of rotatable bonds is 4. The van der Waals surface area contributed by atoms with Crippen molar-refractivity contribution in [1.29, 1.82) is 0 Å². The highest BCUT2D eigenvalue weighted by Crippen LogP contribution is 2.21. The fourth-order valence-electron chi connectivity index (χ4n) is 1.44. The topological polar surface area (TPSA) is 64.3 Å². The first-order valence-electron chi connectivity index (χ1n) is 5.56. The van der Waals surface area contributed by atoms with E-state index in [4.69, 9.17) is 10.5 Å². The van der Waals surface area contributed by atoms with Crippen molar-refractivity contribution in [3.63, 3.8) is 0 Å². The van der Waals surface area contributed by atoms with Gasteiger partial charge >= 0.3 is 0 Å². The predicted molar refractivity (Wildman–Crippen MR) is 69.9 cm³/mol. The largest absolute Gasteiger partial charge is 0.398 e. The molecule has 1 amide bonds. The molecule has 0 saturated carbocycles. The van der Waals surface area contributed by atoms with Gasteiger partial charge in [-0.1, -0.05) is 6.07 Å². The van der Waals surface area contributed by atoms with E-state index in [-0.39, 0.29) is 5.91 Å². The fourth-order valence-corrected chi connectivity index (χ4v) is 1.44. The van der Waals surface area contributed by atoms with Crippen LogP contribution in [0.1, 0.15) is 25.8 Å². The molecule has 0 radical (unpaired) electrons. The smallest absolute Gasteiger partial charge is 0.227 e. The Morgan fingerprint density at radius 1 is 1.47 bits per heavy atom. The number of ether oxygens (including phenoxy) is 1. The molecular formula is C13H20N2O2. The number of carbonyl (C=O) groups excluding carboxylic acids is 1. The molecule has 0 spiro atoms. The Morgan fingerprint density at radius 3 is 2.71 bits per heavy atom. The highest BCUT2D eigenvalue weighted by molar-refractivity contribution is 5.92. The van der Waals surface area contributed by atoms with Crippen molar-refractivity contribution in [2.24, 2.45) is 0 Å². The third-order valence-electron chi connectivity index (χ3n) is 2.79. The molecule has 0 bridgehead atoms. The summed E-state index contributed by atoms with van der Waals surface area (Å²) in [6.45, 7) is 5.63. The Hall–Kier alpha value is -1.55. The van der Waals surface area contributed by atoms with Crippen LogP contribution in [0.3, 0.4) is 0 Å². The van der Waals surface area contributed by atoms with Gasteiger partial charge in [0, 0.05) is 18.5 Å². The van der Waals surface area contributed by atoms with Crippen LogP contribution in [0.5, 0.6) is 0 Å². The van der Waals surface area contributed by atoms with Crippen LogP contribution in [0.25, 0.3) is 0 Å². The molecule has 4 heteroatoms. The monoisotopic (exact) mass is 236 g/mol. The highest BCUT2D eigenvalue weighted by atomic mass is 16.5. The Kier molecular flexibility index (Phi) is 4.12. The molecule has 0 aromatic heterocycles. The third-order valence-corrected chi connectivity index (χ3v) is 2.79. The fraction of sp³-hybridized carbons (Fsp3) is 0.462. The van der Waals surface area contributed by atoms with Crippen molar-refractivity contribution >= 4 is 17.3 Å². The van der Waals surface area contributed by atoms with E-state index >= 15 is 0 Å². The number of hydrogen-bond acceptors (Lipinski definition) is 3. The van der Waals surface area contributed by atoms with Gasteiger partial charge in [-0.3, -0.25) is 4.79 Å². The molecule has 3 N–H and O–H groups in total. The van der Waals surface area contributed by atoms with Crippen molar-refractivity contribution in [2.75, 3.05) is 18.2 Å². The molecule has 0 saturated heterocycles. The predicted octanol–water partition coefficient (Wildman–Crippen LogP) is 2.33. The minimum Gasteiger partial charge on any atom is -0.398 e. The van der Waals surface area contributed by atoms with E-state index in [1.54, 1.807) is 7.11 Å². The lowest BCUT2D eigenvalue weighted by Gasteiger charge is -2.22. The van der Waals surface area contributed by atoms with E-state index in [9.17, 15) is 4.79 Å². The van der Waals surface area contributed by atoms with Crippen LogP contribution in [-0.2, 0) is 9.53 Å². The molecular weight excluding hydrogens is 216 g/mol. The number of benzene rings is 1. The highest BCUT2D eigenvalue weighted by Gasteiger charge is 2.21. The number of nitrogens with one attached hydrogen (secondary N) is 1. The second kappa shape index (κ2) is 5.19. The summed E-state index contributed by atoms with van der Waals surface area (Å²) < 4.78 is 5.21. The van der Waals surface area contributed by atoms with Crippen molar-refractivity contribution in [3.8, 4) is 0 Å². The second-order valence-corrected chi connectivity index (χ2v) is 4.71. The summed E-state index contributed by atoms with van der Waals surface area (Å²) in [5.74, 6) is -0.0782. The maximum Gasteiger partial charge on any atom is 0.227 e. The van der Waals surface area contributed by atoms with Crippen LogP contribution >= 0.6 is 0 Å². The zero-order valence-electron chi connectivity index (χ0n) is 10.8. The minimum atomic E-state index is -0.460. The average Bonchev–Trinajstić information content (AvgIpc) is 2.24.